The number of aromatic amines is 1. The molecule has 3 rings (SSSR count). The predicted octanol–water partition coefficient (Wildman–Crippen LogP) is 3.19. The van der Waals surface area contributed by atoms with Crippen LogP contribution in [0.25, 0.3) is 11.5 Å². The Morgan fingerprint density at radius 3 is 2.87 bits per heavy atom. The number of aryl methyl sites for hydroxylation is 1. The van der Waals surface area contributed by atoms with Gasteiger partial charge in [0.15, 0.2) is 5.76 Å². The molecular formula is C18H28N4O. The molecule has 3 heterocycles. The summed E-state index contributed by atoms with van der Waals surface area (Å²) in [6.45, 7) is 9.87. The molecule has 1 saturated heterocycles. The smallest absolute Gasteiger partial charge is 0.152 e. The zero-order valence-electron chi connectivity index (χ0n) is 14.3. The molecule has 2 aromatic rings. The maximum atomic E-state index is 5.69. The molecule has 23 heavy (non-hydrogen) atoms. The van der Waals surface area contributed by atoms with Gasteiger partial charge in [-0.25, -0.2) is 0 Å². The molecule has 0 spiro atoms. The molecule has 5 nitrogen and oxygen atoms in total. The van der Waals surface area contributed by atoms with E-state index in [0.717, 1.165) is 35.9 Å². The van der Waals surface area contributed by atoms with Gasteiger partial charge < -0.3 is 14.6 Å². The fraction of sp³-hybridized carbons (Fsp3) is 0.611. The van der Waals surface area contributed by atoms with Crippen molar-refractivity contribution in [2.24, 2.45) is 5.92 Å². The van der Waals surface area contributed by atoms with Crippen LogP contribution < -0.4 is 5.32 Å². The van der Waals surface area contributed by atoms with Crippen LogP contribution in [0.2, 0.25) is 0 Å². The minimum Gasteiger partial charge on any atom is -0.460 e. The van der Waals surface area contributed by atoms with Crippen molar-refractivity contribution in [3.8, 4) is 11.5 Å². The number of aromatic nitrogens is 2. The zero-order chi connectivity index (χ0) is 16.1. The molecule has 1 fully saturated rings. The van der Waals surface area contributed by atoms with Crippen molar-refractivity contribution in [2.45, 2.75) is 39.7 Å². The number of piperidine rings is 1. The van der Waals surface area contributed by atoms with Crippen molar-refractivity contribution in [3.05, 3.63) is 29.7 Å². The van der Waals surface area contributed by atoms with Crippen LogP contribution in [0.4, 0.5) is 0 Å². The maximum absolute atomic E-state index is 5.69. The van der Waals surface area contributed by atoms with E-state index in [2.05, 4.69) is 27.3 Å². The highest BCUT2D eigenvalue weighted by Crippen LogP contribution is 2.23. The SMILES string of the molecule is Cc1ccc(-c2[nH]ncc2CNCC(C)CN2CCCCC2)o1. The molecule has 0 aromatic carbocycles. The van der Waals surface area contributed by atoms with Crippen LogP contribution >= 0.6 is 0 Å². The molecule has 2 N–H and O–H groups in total. The third-order valence-electron chi connectivity index (χ3n) is 4.53. The Kier molecular flexibility index (Phi) is 5.51. The van der Waals surface area contributed by atoms with Crippen molar-refractivity contribution >= 4 is 0 Å². The Morgan fingerprint density at radius 2 is 2.13 bits per heavy atom. The van der Waals surface area contributed by atoms with E-state index in [0.29, 0.717) is 5.92 Å². The molecule has 5 heteroatoms. The van der Waals surface area contributed by atoms with Gasteiger partial charge in [-0.05, 0) is 57.5 Å². The average Bonchev–Trinajstić information content (AvgIpc) is 3.17. The Bertz CT molecular complexity index is 598. The van der Waals surface area contributed by atoms with Crippen molar-refractivity contribution in [2.75, 3.05) is 26.2 Å². The number of likely N-dealkylation sites (tertiary alicyclic amines) is 1. The van der Waals surface area contributed by atoms with E-state index in [-0.39, 0.29) is 0 Å². The number of rotatable bonds is 7. The number of furan rings is 1. The summed E-state index contributed by atoms with van der Waals surface area (Å²) < 4.78 is 5.69. The minimum absolute atomic E-state index is 0.661. The van der Waals surface area contributed by atoms with Crippen LogP contribution in [-0.4, -0.2) is 41.3 Å². The van der Waals surface area contributed by atoms with Gasteiger partial charge in [0, 0.05) is 18.7 Å². The van der Waals surface area contributed by atoms with Gasteiger partial charge in [-0.2, -0.15) is 5.10 Å². The lowest BCUT2D eigenvalue weighted by atomic mass is 10.1. The van der Waals surface area contributed by atoms with Crippen LogP contribution in [-0.2, 0) is 6.54 Å². The molecule has 0 radical (unpaired) electrons. The molecule has 0 amide bonds. The topological polar surface area (TPSA) is 57.1 Å². The highest BCUT2D eigenvalue weighted by atomic mass is 16.3. The van der Waals surface area contributed by atoms with Crippen LogP contribution in [0.1, 0.15) is 37.5 Å². The van der Waals surface area contributed by atoms with Gasteiger partial charge in [0.25, 0.3) is 0 Å². The van der Waals surface area contributed by atoms with E-state index in [1.54, 1.807) is 0 Å². The van der Waals surface area contributed by atoms with Crippen LogP contribution in [0.5, 0.6) is 0 Å². The third-order valence-corrected chi connectivity index (χ3v) is 4.53. The first kappa shape index (κ1) is 16.3. The fourth-order valence-electron chi connectivity index (χ4n) is 3.33. The van der Waals surface area contributed by atoms with Gasteiger partial charge in [0.1, 0.15) is 11.5 Å². The standard InChI is InChI=1S/C18H28N4O/c1-14(13-22-8-4-3-5-9-22)10-19-11-16-12-20-21-18(16)17-7-6-15(2)23-17/h6-7,12,14,19H,3-5,8-11,13H2,1-2H3,(H,20,21). The Morgan fingerprint density at radius 1 is 1.30 bits per heavy atom. The van der Waals surface area contributed by atoms with Gasteiger partial charge in [-0.1, -0.05) is 13.3 Å². The van der Waals surface area contributed by atoms with Gasteiger partial charge in [0.2, 0.25) is 0 Å². The molecule has 126 valence electrons. The molecular weight excluding hydrogens is 288 g/mol. The fourth-order valence-corrected chi connectivity index (χ4v) is 3.33. The highest BCUT2D eigenvalue weighted by Gasteiger charge is 2.14. The molecule has 1 atom stereocenters. The first-order valence-electron chi connectivity index (χ1n) is 8.74. The highest BCUT2D eigenvalue weighted by molar-refractivity contribution is 5.56. The largest absolute Gasteiger partial charge is 0.460 e. The van der Waals surface area contributed by atoms with E-state index in [9.17, 15) is 0 Å². The summed E-state index contributed by atoms with van der Waals surface area (Å²) in [6.07, 6.45) is 6.01. The van der Waals surface area contributed by atoms with E-state index in [1.807, 2.05) is 25.3 Å². The molecule has 0 bridgehead atoms. The molecule has 2 aromatic heterocycles. The van der Waals surface area contributed by atoms with Gasteiger partial charge >= 0.3 is 0 Å². The van der Waals surface area contributed by atoms with E-state index in [1.165, 1.54) is 38.9 Å². The van der Waals surface area contributed by atoms with Crippen LogP contribution in [0.15, 0.2) is 22.7 Å². The Hall–Kier alpha value is -1.59. The molecule has 0 saturated carbocycles. The summed E-state index contributed by atoms with van der Waals surface area (Å²) in [5, 5.41) is 10.8. The molecule has 0 aliphatic carbocycles. The summed E-state index contributed by atoms with van der Waals surface area (Å²) in [6, 6.07) is 3.97. The van der Waals surface area contributed by atoms with Crippen LogP contribution in [0, 0.1) is 12.8 Å². The van der Waals surface area contributed by atoms with Gasteiger partial charge in [-0.3, -0.25) is 5.10 Å². The number of hydrogen-bond donors (Lipinski definition) is 2. The van der Waals surface area contributed by atoms with E-state index >= 15 is 0 Å². The Labute approximate surface area is 138 Å². The van der Waals surface area contributed by atoms with E-state index in [4.69, 9.17) is 4.42 Å². The quantitative estimate of drug-likeness (QED) is 0.823. The summed E-state index contributed by atoms with van der Waals surface area (Å²) in [5.74, 6) is 2.44. The second-order valence-electron chi connectivity index (χ2n) is 6.78. The predicted molar refractivity (Wildman–Crippen MR) is 92.2 cm³/mol. The normalized spacial score (nSPS) is 17.5. The second-order valence-corrected chi connectivity index (χ2v) is 6.78. The van der Waals surface area contributed by atoms with Crippen molar-refractivity contribution in [1.29, 1.82) is 0 Å². The zero-order valence-corrected chi connectivity index (χ0v) is 14.3. The number of hydrogen-bond acceptors (Lipinski definition) is 4. The number of H-pyrrole nitrogens is 1. The van der Waals surface area contributed by atoms with E-state index < -0.39 is 0 Å². The maximum Gasteiger partial charge on any atom is 0.152 e. The summed E-state index contributed by atoms with van der Waals surface area (Å²) >= 11 is 0. The minimum atomic E-state index is 0.661. The average molecular weight is 316 g/mol. The summed E-state index contributed by atoms with van der Waals surface area (Å²) in [7, 11) is 0. The van der Waals surface area contributed by atoms with Crippen molar-refractivity contribution < 1.29 is 4.42 Å². The molecule has 1 aliphatic heterocycles. The van der Waals surface area contributed by atoms with Crippen LogP contribution in [0.3, 0.4) is 0 Å². The summed E-state index contributed by atoms with van der Waals surface area (Å²) in [4.78, 5) is 2.60. The molecule has 1 aliphatic rings. The second kappa shape index (κ2) is 7.79. The van der Waals surface area contributed by atoms with Gasteiger partial charge in [0.05, 0.1) is 6.20 Å². The third kappa shape index (κ3) is 4.45. The lowest BCUT2D eigenvalue weighted by Gasteiger charge is -2.29. The first-order chi connectivity index (χ1) is 11.2. The van der Waals surface area contributed by atoms with Crippen molar-refractivity contribution in [1.82, 2.24) is 20.4 Å². The molecule has 1 unspecified atom stereocenters. The Balaban J connectivity index is 1.46. The number of nitrogens with one attached hydrogen (secondary N) is 2. The first-order valence-corrected chi connectivity index (χ1v) is 8.74. The number of nitrogens with zero attached hydrogens (tertiary/aromatic N) is 2. The summed E-state index contributed by atoms with van der Waals surface area (Å²) in [5.41, 5.74) is 2.14. The van der Waals surface area contributed by atoms with Crippen molar-refractivity contribution in [3.63, 3.8) is 0 Å². The lowest BCUT2D eigenvalue weighted by Crippen LogP contribution is -2.36. The van der Waals surface area contributed by atoms with Gasteiger partial charge in [-0.15, -0.1) is 0 Å². The lowest BCUT2D eigenvalue weighted by molar-refractivity contribution is 0.199. The monoisotopic (exact) mass is 316 g/mol.